The van der Waals surface area contributed by atoms with Crippen LogP contribution in [0.3, 0.4) is 0 Å². The van der Waals surface area contributed by atoms with Gasteiger partial charge in [0.05, 0.1) is 5.02 Å². The van der Waals surface area contributed by atoms with Crippen molar-refractivity contribution in [2.24, 2.45) is 0 Å². The smallest absolute Gasteiger partial charge is 0.265 e. The summed E-state index contributed by atoms with van der Waals surface area (Å²) in [4.78, 5) is 3.60. The van der Waals surface area contributed by atoms with E-state index >= 15 is 0 Å². The van der Waals surface area contributed by atoms with Gasteiger partial charge in [0.15, 0.2) is 5.75 Å². The van der Waals surface area contributed by atoms with Crippen LogP contribution in [0.15, 0.2) is 28.6 Å². The summed E-state index contributed by atoms with van der Waals surface area (Å²) in [6, 6.07) is 2.67. The number of aromatic nitrogens is 1. The van der Waals surface area contributed by atoms with Crippen LogP contribution in [0.1, 0.15) is 0 Å². The van der Waals surface area contributed by atoms with Crippen molar-refractivity contribution in [3.8, 4) is 16.3 Å². The second kappa shape index (κ2) is 4.45. The second-order valence-corrected chi connectivity index (χ2v) is 6.92. The highest BCUT2D eigenvalue weighted by molar-refractivity contribution is 8.13. The highest BCUT2D eigenvalue weighted by Crippen LogP contribution is 2.37. The van der Waals surface area contributed by atoms with Gasteiger partial charge in [0.2, 0.25) is 0 Å². The van der Waals surface area contributed by atoms with Gasteiger partial charge in [-0.3, -0.25) is 0 Å². The minimum atomic E-state index is -4.05. The Hall–Kier alpha value is -0.820. The van der Waals surface area contributed by atoms with Gasteiger partial charge in [0, 0.05) is 27.8 Å². The quantitative estimate of drug-likeness (QED) is 0.866. The molecule has 90 valence electrons. The lowest BCUT2D eigenvalue weighted by molar-refractivity contribution is 0.460. The molecule has 2 aromatic rings. The van der Waals surface area contributed by atoms with Crippen LogP contribution in [-0.4, -0.2) is 18.5 Å². The fourth-order valence-corrected chi connectivity index (χ4v) is 3.11. The van der Waals surface area contributed by atoms with E-state index in [0.717, 1.165) is 0 Å². The fraction of sp³-hybridized carbons (Fsp3) is 0. The predicted molar refractivity (Wildman–Crippen MR) is 67.3 cm³/mol. The summed E-state index contributed by atoms with van der Waals surface area (Å²) in [5.41, 5.74) is 0.488. The summed E-state index contributed by atoms with van der Waals surface area (Å²) < 4.78 is 22.5. The van der Waals surface area contributed by atoms with Gasteiger partial charge in [-0.25, -0.2) is 13.4 Å². The predicted octanol–water partition coefficient (Wildman–Crippen LogP) is 3.10. The molecule has 0 amide bonds. The molecular formula is C9H5Cl2NO3S2. The Morgan fingerprint density at radius 1 is 1.35 bits per heavy atom. The van der Waals surface area contributed by atoms with Crippen molar-refractivity contribution < 1.29 is 13.5 Å². The van der Waals surface area contributed by atoms with Crippen LogP contribution in [0.25, 0.3) is 10.6 Å². The summed E-state index contributed by atoms with van der Waals surface area (Å²) >= 11 is 7.07. The fourth-order valence-electron chi connectivity index (χ4n) is 1.25. The van der Waals surface area contributed by atoms with Gasteiger partial charge < -0.3 is 5.11 Å². The van der Waals surface area contributed by atoms with E-state index in [9.17, 15) is 13.5 Å². The Kier molecular flexibility index (Phi) is 3.31. The molecule has 4 nitrogen and oxygen atoms in total. The molecule has 0 saturated carbocycles. The van der Waals surface area contributed by atoms with Gasteiger partial charge in [0.1, 0.15) is 9.90 Å². The molecule has 8 heteroatoms. The third-order valence-corrected chi connectivity index (χ3v) is 4.42. The highest BCUT2D eigenvalue weighted by atomic mass is 35.7. The van der Waals surface area contributed by atoms with E-state index in [4.69, 9.17) is 22.3 Å². The summed E-state index contributed by atoms with van der Waals surface area (Å²) in [6.45, 7) is 0. The zero-order valence-corrected chi connectivity index (χ0v) is 11.2. The molecule has 1 N–H and O–H groups in total. The van der Waals surface area contributed by atoms with Crippen LogP contribution in [-0.2, 0) is 9.05 Å². The molecule has 0 spiro atoms. The number of hydrogen-bond donors (Lipinski definition) is 1. The molecule has 0 fully saturated rings. The second-order valence-electron chi connectivity index (χ2n) is 3.08. The molecule has 0 atom stereocenters. The first-order valence-electron chi connectivity index (χ1n) is 4.26. The first-order chi connectivity index (χ1) is 7.89. The Morgan fingerprint density at radius 3 is 2.59 bits per heavy atom. The summed E-state index contributed by atoms with van der Waals surface area (Å²) in [5.74, 6) is -0.554. The van der Waals surface area contributed by atoms with Crippen molar-refractivity contribution in [3.05, 3.63) is 28.7 Å². The van der Waals surface area contributed by atoms with Crippen molar-refractivity contribution in [2.75, 3.05) is 0 Å². The highest BCUT2D eigenvalue weighted by Gasteiger charge is 2.20. The van der Waals surface area contributed by atoms with Crippen LogP contribution in [0.2, 0.25) is 5.02 Å². The molecule has 0 bridgehead atoms. The average molecular weight is 310 g/mol. The van der Waals surface area contributed by atoms with Crippen LogP contribution in [0.5, 0.6) is 5.75 Å². The Morgan fingerprint density at radius 2 is 2.06 bits per heavy atom. The van der Waals surface area contributed by atoms with Crippen molar-refractivity contribution in [3.63, 3.8) is 0 Å². The lowest BCUT2D eigenvalue weighted by Crippen LogP contribution is -1.93. The molecule has 1 aromatic carbocycles. The number of phenolic OH excluding ortho intramolecular Hbond substituents is 1. The molecule has 0 radical (unpaired) electrons. The zero-order chi connectivity index (χ0) is 12.6. The van der Waals surface area contributed by atoms with Gasteiger partial charge in [-0.15, -0.1) is 11.3 Å². The maximum atomic E-state index is 11.3. The number of aromatic hydroxyl groups is 1. The molecular weight excluding hydrogens is 305 g/mol. The first kappa shape index (κ1) is 12.6. The van der Waals surface area contributed by atoms with E-state index in [1.807, 2.05) is 0 Å². The number of rotatable bonds is 2. The molecule has 2 rings (SSSR count). The number of hydrogen-bond acceptors (Lipinski definition) is 5. The molecule has 17 heavy (non-hydrogen) atoms. The molecule has 1 aromatic heterocycles. The zero-order valence-electron chi connectivity index (χ0n) is 8.09. The minimum Gasteiger partial charge on any atom is -0.505 e. The number of phenols is 1. The Labute approximate surface area is 111 Å². The normalized spacial score (nSPS) is 11.6. The van der Waals surface area contributed by atoms with Crippen LogP contribution < -0.4 is 0 Å². The van der Waals surface area contributed by atoms with Gasteiger partial charge in [-0.1, -0.05) is 11.6 Å². The molecule has 1 heterocycles. The maximum Gasteiger partial charge on any atom is 0.265 e. The summed E-state index contributed by atoms with van der Waals surface area (Å²) in [6.07, 6.45) is 1.58. The minimum absolute atomic E-state index is 0.0862. The van der Waals surface area contributed by atoms with Gasteiger partial charge in [-0.05, 0) is 12.1 Å². The van der Waals surface area contributed by atoms with Crippen LogP contribution in [0, 0.1) is 0 Å². The lowest BCUT2D eigenvalue weighted by Gasteiger charge is -2.05. The van der Waals surface area contributed by atoms with E-state index in [1.54, 1.807) is 11.6 Å². The van der Waals surface area contributed by atoms with Gasteiger partial charge in [0.25, 0.3) is 9.05 Å². The Balaban J connectivity index is 2.71. The lowest BCUT2D eigenvalue weighted by atomic mass is 10.2. The van der Waals surface area contributed by atoms with Crippen molar-refractivity contribution in [1.29, 1.82) is 0 Å². The molecule has 0 aliphatic rings. The topological polar surface area (TPSA) is 67.3 Å². The van der Waals surface area contributed by atoms with Crippen LogP contribution >= 0.6 is 33.6 Å². The molecule has 0 unspecified atom stereocenters. The third kappa shape index (κ3) is 2.55. The largest absolute Gasteiger partial charge is 0.505 e. The van der Waals surface area contributed by atoms with E-state index in [-0.39, 0.29) is 5.02 Å². The number of benzene rings is 1. The molecule has 0 aliphatic heterocycles. The SMILES string of the molecule is O=S(=O)(Cl)c1cc(-c2nccs2)cc(Cl)c1O. The van der Waals surface area contributed by atoms with Crippen molar-refractivity contribution in [1.82, 2.24) is 4.98 Å². The average Bonchev–Trinajstić information content (AvgIpc) is 2.73. The van der Waals surface area contributed by atoms with Crippen molar-refractivity contribution in [2.45, 2.75) is 4.90 Å². The van der Waals surface area contributed by atoms with E-state index in [2.05, 4.69) is 4.98 Å². The monoisotopic (exact) mass is 309 g/mol. The summed E-state index contributed by atoms with van der Waals surface area (Å²) in [7, 11) is 1.15. The number of halogens is 2. The third-order valence-electron chi connectivity index (χ3n) is 1.97. The van der Waals surface area contributed by atoms with Gasteiger partial charge >= 0.3 is 0 Å². The van der Waals surface area contributed by atoms with Gasteiger partial charge in [-0.2, -0.15) is 0 Å². The number of thiazole rings is 1. The van der Waals surface area contributed by atoms with E-state index in [0.29, 0.717) is 10.6 Å². The van der Waals surface area contributed by atoms with Crippen molar-refractivity contribution >= 4 is 42.7 Å². The molecule has 0 aliphatic carbocycles. The summed E-state index contributed by atoms with van der Waals surface area (Å²) in [5, 5.41) is 11.8. The standard InChI is InChI=1S/C9H5Cl2NO3S2/c10-6-3-5(9-12-1-2-16-9)4-7(8(6)13)17(11,14)15/h1-4,13H. The maximum absolute atomic E-state index is 11.3. The first-order valence-corrected chi connectivity index (χ1v) is 7.83. The van der Waals surface area contributed by atoms with Crippen LogP contribution in [0.4, 0.5) is 0 Å². The molecule has 0 saturated heterocycles. The van der Waals surface area contributed by atoms with E-state index in [1.165, 1.54) is 23.5 Å². The Bertz CT molecular complexity index is 653. The van der Waals surface area contributed by atoms with E-state index < -0.39 is 19.7 Å². The number of nitrogens with zero attached hydrogens (tertiary/aromatic N) is 1.